The molecule has 1 fully saturated rings. The van der Waals surface area contributed by atoms with Crippen LogP contribution in [0, 0.1) is 0 Å². The second kappa shape index (κ2) is 5.66. The molecule has 2 atom stereocenters. The maximum absolute atomic E-state index is 9.39. The Morgan fingerprint density at radius 1 is 1.14 bits per heavy atom. The van der Waals surface area contributed by atoms with Crippen molar-refractivity contribution in [2.45, 2.75) is 57.0 Å². The maximum atomic E-state index is 9.39. The van der Waals surface area contributed by atoms with Crippen molar-refractivity contribution in [3.05, 3.63) is 0 Å². The molecule has 0 radical (unpaired) electrons. The van der Waals surface area contributed by atoms with Gasteiger partial charge in [0, 0.05) is 19.4 Å². The van der Waals surface area contributed by atoms with Crippen LogP contribution in [0.5, 0.6) is 0 Å². The highest BCUT2D eigenvalue weighted by Gasteiger charge is 2.34. The zero-order valence-corrected chi connectivity index (χ0v) is 8.59. The first-order chi connectivity index (χ1) is 6.65. The molecule has 0 unspecified atom stereocenters. The van der Waals surface area contributed by atoms with Gasteiger partial charge in [-0.15, -0.1) is 0 Å². The average Bonchev–Trinajstić information content (AvgIpc) is 2.14. The topological polar surface area (TPSA) is 69.9 Å². The zero-order chi connectivity index (χ0) is 10.6. The van der Waals surface area contributed by atoms with E-state index in [1.54, 1.807) is 0 Å². The Kier molecular flexibility index (Phi) is 4.81. The Bertz CT molecular complexity index is 150. The van der Waals surface area contributed by atoms with E-state index in [9.17, 15) is 15.3 Å². The van der Waals surface area contributed by atoms with Crippen LogP contribution in [-0.2, 0) is 4.74 Å². The lowest BCUT2D eigenvalue weighted by atomic mass is 9.90. The SMILES string of the molecule is CCCCOC1C[C@@H](O)C(O)[C@H](O)C1. The van der Waals surface area contributed by atoms with E-state index in [2.05, 4.69) is 6.92 Å². The third-order valence-corrected chi connectivity index (χ3v) is 2.65. The van der Waals surface area contributed by atoms with Gasteiger partial charge in [0.25, 0.3) is 0 Å². The lowest BCUT2D eigenvalue weighted by Gasteiger charge is -2.33. The molecule has 1 aliphatic carbocycles. The Balaban J connectivity index is 2.27. The summed E-state index contributed by atoms with van der Waals surface area (Å²) >= 11 is 0. The standard InChI is InChI=1S/C10H20O4/c1-2-3-4-14-7-5-8(11)10(13)9(12)6-7/h7-13H,2-6H2,1H3/t7?,8-,9-,10?/m1/s1. The van der Waals surface area contributed by atoms with Crippen LogP contribution in [0.1, 0.15) is 32.6 Å². The summed E-state index contributed by atoms with van der Waals surface area (Å²) in [5.41, 5.74) is 0. The predicted molar refractivity (Wildman–Crippen MR) is 51.9 cm³/mol. The molecule has 4 heteroatoms. The number of hydrogen-bond acceptors (Lipinski definition) is 4. The first-order valence-electron chi connectivity index (χ1n) is 5.31. The maximum Gasteiger partial charge on any atom is 0.106 e. The Morgan fingerprint density at radius 2 is 1.71 bits per heavy atom. The number of rotatable bonds is 4. The molecule has 4 nitrogen and oxygen atoms in total. The van der Waals surface area contributed by atoms with E-state index in [1.165, 1.54) is 0 Å². The molecule has 0 amide bonds. The molecule has 1 rings (SSSR count). The van der Waals surface area contributed by atoms with Crippen LogP contribution in [0.4, 0.5) is 0 Å². The van der Waals surface area contributed by atoms with Gasteiger partial charge in [-0.2, -0.15) is 0 Å². The molecule has 0 aromatic carbocycles. The van der Waals surface area contributed by atoms with Crippen molar-refractivity contribution in [3.63, 3.8) is 0 Å². The lowest BCUT2D eigenvalue weighted by molar-refractivity contribution is -0.130. The minimum Gasteiger partial charge on any atom is -0.390 e. The summed E-state index contributed by atoms with van der Waals surface area (Å²) in [6, 6.07) is 0. The highest BCUT2D eigenvalue weighted by atomic mass is 16.5. The third kappa shape index (κ3) is 3.20. The van der Waals surface area contributed by atoms with Gasteiger partial charge >= 0.3 is 0 Å². The molecule has 1 aliphatic rings. The summed E-state index contributed by atoms with van der Waals surface area (Å²) in [7, 11) is 0. The molecular weight excluding hydrogens is 184 g/mol. The first kappa shape index (κ1) is 11.9. The molecule has 0 aromatic rings. The summed E-state index contributed by atoms with van der Waals surface area (Å²) in [6.07, 6.45) is 0.0574. The van der Waals surface area contributed by atoms with Gasteiger partial charge in [-0.1, -0.05) is 13.3 Å². The molecule has 14 heavy (non-hydrogen) atoms. The monoisotopic (exact) mass is 204 g/mol. The Morgan fingerprint density at radius 3 is 2.21 bits per heavy atom. The quantitative estimate of drug-likeness (QED) is 0.566. The smallest absolute Gasteiger partial charge is 0.106 e. The van der Waals surface area contributed by atoms with Crippen molar-refractivity contribution in [2.75, 3.05) is 6.61 Å². The fraction of sp³-hybridized carbons (Fsp3) is 1.00. The lowest BCUT2D eigenvalue weighted by Crippen LogP contribution is -2.46. The third-order valence-electron chi connectivity index (χ3n) is 2.65. The van der Waals surface area contributed by atoms with Crippen molar-refractivity contribution < 1.29 is 20.1 Å². The molecule has 84 valence electrons. The van der Waals surface area contributed by atoms with E-state index in [0.717, 1.165) is 12.8 Å². The fourth-order valence-electron chi connectivity index (χ4n) is 1.70. The Labute approximate surface area is 84.5 Å². The van der Waals surface area contributed by atoms with Crippen molar-refractivity contribution in [3.8, 4) is 0 Å². The number of hydrogen-bond donors (Lipinski definition) is 3. The van der Waals surface area contributed by atoms with Crippen LogP contribution in [0.15, 0.2) is 0 Å². The van der Waals surface area contributed by atoms with E-state index in [-0.39, 0.29) is 6.10 Å². The second-order valence-electron chi connectivity index (χ2n) is 3.94. The zero-order valence-electron chi connectivity index (χ0n) is 8.59. The summed E-state index contributed by atoms with van der Waals surface area (Å²) < 4.78 is 5.48. The van der Waals surface area contributed by atoms with Crippen LogP contribution >= 0.6 is 0 Å². The van der Waals surface area contributed by atoms with Crippen LogP contribution in [0.3, 0.4) is 0 Å². The minimum atomic E-state index is -1.01. The van der Waals surface area contributed by atoms with E-state index >= 15 is 0 Å². The van der Waals surface area contributed by atoms with Crippen molar-refractivity contribution in [1.82, 2.24) is 0 Å². The highest BCUT2D eigenvalue weighted by Crippen LogP contribution is 2.22. The summed E-state index contributed by atoms with van der Waals surface area (Å²) in [5.74, 6) is 0. The van der Waals surface area contributed by atoms with Gasteiger partial charge in [-0.05, 0) is 6.42 Å². The molecule has 1 saturated carbocycles. The second-order valence-corrected chi connectivity index (χ2v) is 3.94. The summed E-state index contributed by atoms with van der Waals surface area (Å²) in [6.45, 7) is 2.74. The minimum absolute atomic E-state index is 0.116. The normalized spacial score (nSPS) is 38.6. The predicted octanol–water partition coefficient (Wildman–Crippen LogP) is 0.0482. The molecular formula is C10H20O4. The van der Waals surface area contributed by atoms with Gasteiger partial charge in [0.2, 0.25) is 0 Å². The molecule has 0 bridgehead atoms. The van der Waals surface area contributed by atoms with Crippen LogP contribution in [0.2, 0.25) is 0 Å². The van der Waals surface area contributed by atoms with Crippen molar-refractivity contribution >= 4 is 0 Å². The Hall–Kier alpha value is -0.160. The van der Waals surface area contributed by atoms with Crippen LogP contribution < -0.4 is 0 Å². The molecule has 0 saturated heterocycles. The van der Waals surface area contributed by atoms with E-state index < -0.39 is 18.3 Å². The molecule has 0 heterocycles. The van der Waals surface area contributed by atoms with Gasteiger partial charge in [-0.25, -0.2) is 0 Å². The molecule has 0 aliphatic heterocycles. The van der Waals surface area contributed by atoms with Gasteiger partial charge in [0.15, 0.2) is 0 Å². The number of unbranched alkanes of at least 4 members (excludes halogenated alkanes) is 1. The first-order valence-corrected chi connectivity index (χ1v) is 5.31. The number of aliphatic hydroxyl groups is 3. The van der Waals surface area contributed by atoms with Crippen LogP contribution in [-0.4, -0.2) is 46.3 Å². The van der Waals surface area contributed by atoms with Gasteiger partial charge in [-0.3, -0.25) is 0 Å². The van der Waals surface area contributed by atoms with Gasteiger partial charge in [0.05, 0.1) is 18.3 Å². The van der Waals surface area contributed by atoms with Gasteiger partial charge in [0.1, 0.15) is 6.10 Å². The van der Waals surface area contributed by atoms with E-state index in [1.807, 2.05) is 0 Å². The number of aliphatic hydroxyl groups excluding tert-OH is 3. The fourth-order valence-corrected chi connectivity index (χ4v) is 1.70. The van der Waals surface area contributed by atoms with Crippen LogP contribution in [0.25, 0.3) is 0 Å². The molecule has 0 aromatic heterocycles. The van der Waals surface area contributed by atoms with Gasteiger partial charge < -0.3 is 20.1 Å². The molecule has 3 N–H and O–H groups in total. The highest BCUT2D eigenvalue weighted by molar-refractivity contribution is 4.86. The molecule has 0 spiro atoms. The number of ether oxygens (including phenoxy) is 1. The average molecular weight is 204 g/mol. The van der Waals surface area contributed by atoms with E-state index in [4.69, 9.17) is 4.74 Å². The van der Waals surface area contributed by atoms with Crippen molar-refractivity contribution in [1.29, 1.82) is 0 Å². The summed E-state index contributed by atoms with van der Waals surface area (Å²) in [5, 5.41) is 28.1. The largest absolute Gasteiger partial charge is 0.390 e. The van der Waals surface area contributed by atoms with Crippen molar-refractivity contribution in [2.24, 2.45) is 0 Å². The summed E-state index contributed by atoms with van der Waals surface area (Å²) in [4.78, 5) is 0. The van der Waals surface area contributed by atoms with E-state index in [0.29, 0.717) is 19.4 Å².